The predicted octanol–water partition coefficient (Wildman–Crippen LogP) is 8.71. The van der Waals surface area contributed by atoms with Gasteiger partial charge in [0.2, 0.25) is 12.4 Å². The molecule has 0 radical (unpaired) electrons. The van der Waals surface area contributed by atoms with Gasteiger partial charge >= 0.3 is 24.7 Å². The molecule has 0 bridgehead atoms. The Hall–Kier alpha value is -5.52. The van der Waals surface area contributed by atoms with Crippen molar-refractivity contribution < 1.29 is 62.2 Å². The maximum absolute atomic E-state index is 13.4. The zero-order chi connectivity index (χ0) is 34.2. The van der Waals surface area contributed by atoms with Gasteiger partial charge in [0.05, 0.1) is 22.3 Å². The number of halogens is 12. The van der Waals surface area contributed by atoms with Crippen LogP contribution in [-0.2, 0) is 24.7 Å². The second-order valence-corrected chi connectivity index (χ2v) is 9.03. The Morgan fingerprint density at radius 1 is 0.457 bits per heavy atom. The minimum atomic E-state index is -5.27. The number of rotatable bonds is 4. The van der Waals surface area contributed by atoms with Crippen molar-refractivity contribution in [3.8, 4) is 23.9 Å². The van der Waals surface area contributed by atoms with Gasteiger partial charge in [0.1, 0.15) is 22.9 Å². The number of nitrogens with zero attached hydrogens (tertiary/aromatic N) is 4. The van der Waals surface area contributed by atoms with E-state index in [9.17, 15) is 52.7 Å². The van der Waals surface area contributed by atoms with Crippen LogP contribution in [0.2, 0.25) is 0 Å². The van der Waals surface area contributed by atoms with Gasteiger partial charge in [-0.15, -0.1) is 0 Å². The number of allylic oxidation sites excluding steroid dienone is 6. The van der Waals surface area contributed by atoms with Crippen molar-refractivity contribution in [2.75, 3.05) is 0 Å². The highest BCUT2D eigenvalue weighted by atomic mass is 19.4. The normalized spacial score (nSPS) is 17.3. The van der Waals surface area contributed by atoms with Crippen molar-refractivity contribution in [1.29, 1.82) is 10.5 Å². The highest BCUT2D eigenvalue weighted by Crippen LogP contribution is 2.42. The summed E-state index contributed by atoms with van der Waals surface area (Å²) in [5, 5.41) is 18.2. The fourth-order valence-corrected chi connectivity index (χ4v) is 4.03. The molecule has 0 saturated heterocycles. The minimum absolute atomic E-state index is 0.178. The van der Waals surface area contributed by atoms with Gasteiger partial charge in [-0.3, -0.25) is 0 Å². The summed E-state index contributed by atoms with van der Waals surface area (Å²) in [6.07, 6.45) is -14.4. The molecule has 18 heteroatoms. The van der Waals surface area contributed by atoms with Gasteiger partial charge in [-0.25, -0.2) is 0 Å². The number of ether oxygens (including phenoxy) is 2. The standard InChI is InChI=1S/C28H10F12N4O2/c29-25(30,31)13-5-14(26(32,33)34)8-17(7-13)45-23-19-1-3-21(43-11-41)24(20(19)2-4-22(23)44-12-42)46-18-9-15(27(35,36)37)6-16(10-18)28(38,39)40/h1-10H. The van der Waals surface area contributed by atoms with Crippen LogP contribution in [0.25, 0.3) is 0 Å². The Labute approximate surface area is 248 Å². The Kier molecular flexibility index (Phi) is 8.54. The van der Waals surface area contributed by atoms with Crippen LogP contribution in [0.15, 0.2) is 93.4 Å². The van der Waals surface area contributed by atoms with Crippen LogP contribution in [0.3, 0.4) is 0 Å². The van der Waals surface area contributed by atoms with Crippen molar-refractivity contribution in [1.82, 2.24) is 0 Å². The lowest BCUT2D eigenvalue weighted by Gasteiger charge is -2.25. The number of hydrogen-bond donors (Lipinski definition) is 0. The highest BCUT2D eigenvalue weighted by molar-refractivity contribution is 6.16. The van der Waals surface area contributed by atoms with E-state index < -0.39 is 81.4 Å². The number of hydrogen-bond acceptors (Lipinski definition) is 6. The maximum Gasteiger partial charge on any atom is 0.416 e. The summed E-state index contributed by atoms with van der Waals surface area (Å²) in [7, 11) is 0. The van der Waals surface area contributed by atoms with E-state index in [2.05, 4.69) is 9.98 Å². The molecule has 0 atom stereocenters. The van der Waals surface area contributed by atoms with Crippen LogP contribution >= 0.6 is 0 Å². The van der Waals surface area contributed by atoms with Crippen LogP contribution < -0.4 is 9.47 Å². The summed E-state index contributed by atoms with van der Waals surface area (Å²) in [6, 6.07) is 0.486. The van der Waals surface area contributed by atoms with Gasteiger partial charge < -0.3 is 9.47 Å². The average Bonchev–Trinajstić information content (AvgIpc) is 2.93. The van der Waals surface area contributed by atoms with Crippen LogP contribution in [0.5, 0.6) is 11.5 Å². The molecule has 0 N–H and O–H groups in total. The zero-order valence-corrected chi connectivity index (χ0v) is 21.9. The first kappa shape index (κ1) is 33.4. The minimum Gasteiger partial charge on any atom is -0.454 e. The molecular formula is C28H10F12N4O2. The first-order valence-corrected chi connectivity index (χ1v) is 12.0. The molecule has 0 heterocycles. The fraction of sp³-hybridized carbons (Fsp3) is 0.143. The second-order valence-electron chi connectivity index (χ2n) is 9.03. The summed E-state index contributed by atoms with van der Waals surface area (Å²) in [5.74, 6) is -3.41. The van der Waals surface area contributed by atoms with E-state index in [0.717, 1.165) is 24.3 Å². The third-order valence-corrected chi connectivity index (χ3v) is 5.96. The van der Waals surface area contributed by atoms with Crippen LogP contribution in [-0.4, -0.2) is 11.4 Å². The summed E-state index contributed by atoms with van der Waals surface area (Å²) < 4.78 is 172. The van der Waals surface area contributed by atoms with E-state index in [4.69, 9.17) is 20.0 Å². The average molecular weight is 662 g/mol. The Balaban J connectivity index is 1.95. The van der Waals surface area contributed by atoms with Gasteiger partial charge in [-0.1, -0.05) is 0 Å². The summed E-state index contributed by atoms with van der Waals surface area (Å²) in [5.41, 5.74) is -8.62. The van der Waals surface area contributed by atoms with Crippen LogP contribution in [0.4, 0.5) is 52.7 Å². The van der Waals surface area contributed by atoms with E-state index in [1.165, 1.54) is 12.4 Å². The summed E-state index contributed by atoms with van der Waals surface area (Å²) in [6.45, 7) is 0. The number of aliphatic imine (C=N–C) groups is 2. The smallest absolute Gasteiger partial charge is 0.416 e. The number of fused-ring (bicyclic) bond motifs is 1. The molecule has 46 heavy (non-hydrogen) atoms. The SMILES string of the molecule is N#CN=C1C=CC2=C(Oc3cc(C(F)(F)F)cc(C(F)(F)F)c3)C(=NC#N)C=CC2=C1Oc1cc(C(F)(F)F)cc(C(F)(F)F)c1. The molecule has 0 aliphatic heterocycles. The first-order chi connectivity index (χ1) is 21.2. The largest absolute Gasteiger partial charge is 0.454 e. The molecule has 0 fully saturated rings. The first-order valence-electron chi connectivity index (χ1n) is 12.0. The van der Waals surface area contributed by atoms with Crippen LogP contribution in [0.1, 0.15) is 22.3 Å². The molecule has 0 unspecified atom stereocenters. The monoisotopic (exact) mass is 662 g/mol. The predicted molar refractivity (Wildman–Crippen MR) is 133 cm³/mol. The van der Waals surface area contributed by atoms with Crippen molar-refractivity contribution in [3.05, 3.63) is 106 Å². The van der Waals surface area contributed by atoms with E-state index in [1.807, 2.05) is 0 Å². The van der Waals surface area contributed by atoms with Crippen molar-refractivity contribution in [3.63, 3.8) is 0 Å². The topological polar surface area (TPSA) is 90.8 Å². The van der Waals surface area contributed by atoms with Crippen molar-refractivity contribution in [2.24, 2.45) is 9.98 Å². The molecular weight excluding hydrogens is 652 g/mol. The lowest BCUT2D eigenvalue weighted by atomic mass is 9.90. The Morgan fingerprint density at radius 3 is 0.978 bits per heavy atom. The number of alkyl halides is 12. The molecule has 0 amide bonds. The Morgan fingerprint density at radius 2 is 0.739 bits per heavy atom. The fourth-order valence-electron chi connectivity index (χ4n) is 4.03. The second kappa shape index (κ2) is 11.8. The number of nitriles is 2. The zero-order valence-electron chi connectivity index (χ0n) is 21.9. The van der Waals surface area contributed by atoms with Gasteiger partial charge in [0.25, 0.3) is 0 Å². The quantitative estimate of drug-likeness (QED) is 0.242. The van der Waals surface area contributed by atoms with Gasteiger partial charge in [0, 0.05) is 11.1 Å². The highest BCUT2D eigenvalue weighted by Gasteiger charge is 2.39. The molecule has 2 aromatic carbocycles. The van der Waals surface area contributed by atoms with Crippen molar-refractivity contribution >= 4 is 11.4 Å². The molecule has 4 rings (SSSR count). The molecule has 2 aliphatic rings. The molecule has 2 aliphatic carbocycles. The molecule has 6 nitrogen and oxygen atoms in total. The van der Waals surface area contributed by atoms with E-state index >= 15 is 0 Å². The maximum atomic E-state index is 13.4. The third-order valence-electron chi connectivity index (χ3n) is 5.96. The van der Waals surface area contributed by atoms with Gasteiger partial charge in [-0.2, -0.15) is 73.2 Å². The Bertz CT molecular complexity index is 1660. The van der Waals surface area contributed by atoms with E-state index in [1.54, 1.807) is 0 Å². The summed E-state index contributed by atoms with van der Waals surface area (Å²) in [4.78, 5) is 6.83. The van der Waals surface area contributed by atoms with Gasteiger partial charge in [-0.05, 0) is 60.7 Å². The lowest BCUT2D eigenvalue weighted by molar-refractivity contribution is -0.144. The van der Waals surface area contributed by atoms with E-state index in [-0.39, 0.29) is 47.5 Å². The summed E-state index contributed by atoms with van der Waals surface area (Å²) >= 11 is 0. The van der Waals surface area contributed by atoms with Crippen LogP contribution in [0, 0.1) is 22.9 Å². The van der Waals surface area contributed by atoms with Gasteiger partial charge in [0.15, 0.2) is 11.5 Å². The molecule has 0 aromatic heterocycles. The molecule has 2 aromatic rings. The molecule has 238 valence electrons. The molecule has 0 saturated carbocycles. The van der Waals surface area contributed by atoms with Crippen molar-refractivity contribution in [2.45, 2.75) is 24.7 Å². The van der Waals surface area contributed by atoms with E-state index in [0.29, 0.717) is 0 Å². The number of benzene rings is 2. The molecule has 0 spiro atoms. The third kappa shape index (κ3) is 7.23. The lowest BCUT2D eigenvalue weighted by Crippen LogP contribution is -2.21.